The smallest absolute Gasteiger partial charge is 0.410 e. The highest BCUT2D eigenvalue weighted by Crippen LogP contribution is 2.38. The average Bonchev–Trinajstić information content (AvgIpc) is 3.40. The molecular formula is C26H35N9O2. The number of ether oxygens (including phenoxy) is 1. The Morgan fingerprint density at radius 3 is 2.43 bits per heavy atom. The summed E-state index contributed by atoms with van der Waals surface area (Å²) in [6.45, 7) is 5.81. The predicted octanol–water partition coefficient (Wildman–Crippen LogP) is 2.89. The second kappa shape index (κ2) is 9.44. The van der Waals surface area contributed by atoms with Crippen LogP contribution >= 0.6 is 0 Å². The molecule has 2 bridgehead atoms. The summed E-state index contributed by atoms with van der Waals surface area (Å²) in [7, 11) is 3.84. The maximum Gasteiger partial charge on any atom is 0.410 e. The van der Waals surface area contributed by atoms with Gasteiger partial charge in [0.1, 0.15) is 11.9 Å². The molecule has 6 heterocycles. The van der Waals surface area contributed by atoms with Crippen LogP contribution in [0.4, 0.5) is 16.6 Å². The molecule has 1 amide bonds. The van der Waals surface area contributed by atoms with Crippen LogP contribution in [0.3, 0.4) is 0 Å². The summed E-state index contributed by atoms with van der Waals surface area (Å²) in [5, 5.41) is 11.6. The Labute approximate surface area is 216 Å². The van der Waals surface area contributed by atoms with Crippen LogP contribution in [0, 0.1) is 0 Å². The molecule has 3 fully saturated rings. The summed E-state index contributed by atoms with van der Waals surface area (Å²) in [6, 6.07) is 2.66. The molecule has 11 nitrogen and oxygen atoms in total. The van der Waals surface area contributed by atoms with Gasteiger partial charge in [-0.3, -0.25) is 0 Å². The summed E-state index contributed by atoms with van der Waals surface area (Å²) in [4.78, 5) is 30.7. The van der Waals surface area contributed by atoms with Crippen molar-refractivity contribution in [2.24, 2.45) is 0 Å². The molecule has 3 aromatic rings. The zero-order valence-corrected chi connectivity index (χ0v) is 21.9. The molecule has 3 aliphatic heterocycles. The van der Waals surface area contributed by atoms with Crippen LogP contribution in [0.2, 0.25) is 0 Å². The Balaban J connectivity index is 1.27. The number of carbonyl (C=O) groups is 1. The lowest BCUT2D eigenvalue weighted by Gasteiger charge is -2.40. The molecule has 37 heavy (non-hydrogen) atoms. The van der Waals surface area contributed by atoms with Gasteiger partial charge in [-0.15, -0.1) is 0 Å². The number of piperidine rings is 1. The Morgan fingerprint density at radius 2 is 1.84 bits per heavy atom. The van der Waals surface area contributed by atoms with E-state index < -0.39 is 0 Å². The van der Waals surface area contributed by atoms with Gasteiger partial charge in [-0.2, -0.15) is 9.61 Å². The Hall–Kier alpha value is -3.47. The number of nitrogens with one attached hydrogen (secondary N) is 2. The molecule has 196 valence electrons. The molecule has 3 aromatic heterocycles. The van der Waals surface area contributed by atoms with Crippen LogP contribution in [0.25, 0.3) is 16.9 Å². The standard InChI is InChI=1S/C26H35N9O2/c1-15(2)21-14-30-35-23(9-22(32-24(21)35)16-10-28-25(29-11-16)33(3)4)31-17-7-18-5-6-19(8-17)34(18)26(36)37-20-12-27-13-20/h9-11,14-15,17-20,27,31H,5-8,12-13H2,1-4H3. The number of rotatable bonds is 6. The lowest BCUT2D eigenvalue weighted by Crippen LogP contribution is -2.55. The molecule has 2 unspecified atom stereocenters. The van der Waals surface area contributed by atoms with E-state index in [4.69, 9.17) is 9.72 Å². The fourth-order valence-electron chi connectivity index (χ4n) is 5.67. The van der Waals surface area contributed by atoms with Gasteiger partial charge < -0.3 is 25.2 Å². The third-order valence-corrected chi connectivity index (χ3v) is 7.76. The number of hydrogen-bond donors (Lipinski definition) is 2. The van der Waals surface area contributed by atoms with Crippen molar-refractivity contribution in [3.8, 4) is 11.3 Å². The number of carbonyl (C=O) groups excluding carboxylic acids is 1. The SMILES string of the molecule is CC(C)c1cnn2c(NC3CC4CCC(C3)N4C(=O)OC3CNC3)cc(-c3cnc(N(C)C)nc3)nc12. The van der Waals surface area contributed by atoms with Crippen LogP contribution in [0.1, 0.15) is 51.0 Å². The predicted molar refractivity (Wildman–Crippen MR) is 141 cm³/mol. The molecule has 0 spiro atoms. The van der Waals surface area contributed by atoms with Crippen molar-refractivity contribution in [1.29, 1.82) is 0 Å². The van der Waals surface area contributed by atoms with Crippen molar-refractivity contribution in [3.05, 3.63) is 30.2 Å². The van der Waals surface area contributed by atoms with Gasteiger partial charge >= 0.3 is 6.09 Å². The van der Waals surface area contributed by atoms with E-state index in [0.717, 1.165) is 67.1 Å². The van der Waals surface area contributed by atoms with Gasteiger partial charge in [0.25, 0.3) is 0 Å². The highest BCUT2D eigenvalue weighted by Gasteiger charge is 2.45. The van der Waals surface area contributed by atoms with Gasteiger partial charge in [-0.05, 0) is 31.6 Å². The van der Waals surface area contributed by atoms with E-state index >= 15 is 0 Å². The van der Waals surface area contributed by atoms with Crippen molar-refractivity contribution in [1.82, 2.24) is 34.8 Å². The molecule has 3 saturated heterocycles. The number of anilines is 2. The van der Waals surface area contributed by atoms with Crippen molar-refractivity contribution < 1.29 is 9.53 Å². The first-order valence-electron chi connectivity index (χ1n) is 13.2. The molecule has 0 aliphatic carbocycles. The van der Waals surface area contributed by atoms with Crippen LogP contribution in [0.5, 0.6) is 0 Å². The van der Waals surface area contributed by atoms with E-state index in [1.54, 1.807) is 0 Å². The summed E-state index contributed by atoms with van der Waals surface area (Å²) in [5.41, 5.74) is 3.60. The number of fused-ring (bicyclic) bond motifs is 3. The molecule has 0 aromatic carbocycles. The third-order valence-electron chi connectivity index (χ3n) is 7.76. The first kappa shape index (κ1) is 23.9. The third kappa shape index (κ3) is 4.45. The summed E-state index contributed by atoms with van der Waals surface area (Å²) in [6.07, 6.45) is 9.21. The van der Waals surface area contributed by atoms with E-state index in [1.807, 2.05) is 53.1 Å². The topological polar surface area (TPSA) is 113 Å². The first-order chi connectivity index (χ1) is 17.9. The minimum Gasteiger partial charge on any atom is -0.443 e. The van der Waals surface area contributed by atoms with Crippen molar-refractivity contribution in [2.75, 3.05) is 37.4 Å². The Morgan fingerprint density at radius 1 is 1.14 bits per heavy atom. The van der Waals surface area contributed by atoms with E-state index in [1.165, 1.54) is 0 Å². The van der Waals surface area contributed by atoms with Crippen molar-refractivity contribution >= 4 is 23.5 Å². The number of aromatic nitrogens is 5. The van der Waals surface area contributed by atoms with Gasteiger partial charge in [0, 0.05) is 74.9 Å². The lowest BCUT2D eigenvalue weighted by molar-refractivity contribution is 0.0194. The Kier molecular flexibility index (Phi) is 6.10. The summed E-state index contributed by atoms with van der Waals surface area (Å²) >= 11 is 0. The van der Waals surface area contributed by atoms with E-state index in [0.29, 0.717) is 5.95 Å². The van der Waals surface area contributed by atoms with Crippen LogP contribution in [-0.2, 0) is 4.74 Å². The maximum atomic E-state index is 12.9. The minimum atomic E-state index is -0.152. The summed E-state index contributed by atoms with van der Waals surface area (Å²) in [5.74, 6) is 1.84. The highest BCUT2D eigenvalue weighted by molar-refractivity contribution is 5.70. The normalized spacial score (nSPS) is 23.4. The average molecular weight is 506 g/mol. The fourth-order valence-corrected chi connectivity index (χ4v) is 5.67. The second-order valence-corrected chi connectivity index (χ2v) is 11.0. The van der Waals surface area contributed by atoms with Gasteiger partial charge in [0.15, 0.2) is 5.65 Å². The van der Waals surface area contributed by atoms with E-state index in [2.05, 4.69) is 39.5 Å². The van der Waals surface area contributed by atoms with Gasteiger partial charge in [-0.25, -0.2) is 19.7 Å². The molecule has 2 atom stereocenters. The van der Waals surface area contributed by atoms with Gasteiger partial charge in [-0.1, -0.05) is 13.8 Å². The van der Waals surface area contributed by atoms with Crippen LogP contribution < -0.4 is 15.5 Å². The minimum absolute atomic E-state index is 0.0111. The number of hydrogen-bond acceptors (Lipinski definition) is 9. The van der Waals surface area contributed by atoms with Crippen LogP contribution in [-0.4, -0.2) is 87.0 Å². The monoisotopic (exact) mass is 505 g/mol. The van der Waals surface area contributed by atoms with Gasteiger partial charge in [0.05, 0.1) is 11.9 Å². The van der Waals surface area contributed by atoms with Crippen LogP contribution in [0.15, 0.2) is 24.7 Å². The van der Waals surface area contributed by atoms with E-state index in [-0.39, 0.29) is 36.2 Å². The molecule has 6 rings (SSSR count). The van der Waals surface area contributed by atoms with Crippen molar-refractivity contribution in [2.45, 2.75) is 69.7 Å². The second-order valence-electron chi connectivity index (χ2n) is 11.0. The molecule has 0 radical (unpaired) electrons. The van der Waals surface area contributed by atoms with Crippen molar-refractivity contribution in [3.63, 3.8) is 0 Å². The summed E-state index contributed by atoms with van der Waals surface area (Å²) < 4.78 is 7.60. The zero-order valence-electron chi connectivity index (χ0n) is 21.9. The molecule has 0 saturated carbocycles. The van der Waals surface area contributed by atoms with Gasteiger partial charge in [0.2, 0.25) is 5.95 Å². The zero-order chi connectivity index (χ0) is 25.7. The van der Waals surface area contributed by atoms with E-state index in [9.17, 15) is 4.79 Å². The highest BCUT2D eigenvalue weighted by atomic mass is 16.6. The lowest BCUT2D eigenvalue weighted by atomic mass is 9.97. The quantitative estimate of drug-likeness (QED) is 0.522. The number of amides is 1. The molecule has 2 N–H and O–H groups in total. The molecule has 3 aliphatic rings. The first-order valence-corrected chi connectivity index (χ1v) is 13.2. The fraction of sp³-hybridized carbons (Fsp3) is 0.577. The Bertz CT molecular complexity index is 1270. The largest absolute Gasteiger partial charge is 0.443 e. The molecule has 11 heteroatoms. The number of nitrogens with zero attached hydrogens (tertiary/aromatic N) is 7. The molecular weight excluding hydrogens is 470 g/mol. The maximum absolute atomic E-state index is 12.9.